The predicted octanol–water partition coefficient (Wildman–Crippen LogP) is 9.07. The summed E-state index contributed by atoms with van der Waals surface area (Å²) in [5.74, 6) is 0. The zero-order chi connectivity index (χ0) is 17.2. The molecule has 0 saturated heterocycles. The molecule has 0 amide bonds. The molecule has 0 spiro atoms. The highest BCUT2D eigenvalue weighted by Gasteiger charge is 2.27. The van der Waals surface area contributed by atoms with Gasteiger partial charge in [0.05, 0.1) is 0 Å². The molecule has 23 heavy (non-hydrogen) atoms. The van der Waals surface area contributed by atoms with Crippen molar-refractivity contribution in [2.75, 3.05) is 0 Å². The van der Waals surface area contributed by atoms with Gasteiger partial charge >= 0.3 is 0 Å². The molecule has 0 heteroatoms. The third-order valence-electron chi connectivity index (χ3n) is 5.74. The van der Waals surface area contributed by atoms with Crippen molar-refractivity contribution in [1.82, 2.24) is 0 Å². The van der Waals surface area contributed by atoms with E-state index >= 15 is 0 Å². The Morgan fingerprint density at radius 3 is 0.957 bits per heavy atom. The van der Waals surface area contributed by atoms with Gasteiger partial charge in [-0.15, -0.1) is 0 Å². The molecule has 0 N–H and O–H groups in total. The van der Waals surface area contributed by atoms with Crippen molar-refractivity contribution < 1.29 is 0 Å². The molecule has 0 saturated carbocycles. The first kappa shape index (κ1) is 23.0. The number of hydrogen-bond acceptors (Lipinski definition) is 0. The molecule has 0 bridgehead atoms. The van der Waals surface area contributed by atoms with E-state index in [4.69, 9.17) is 0 Å². The second-order valence-corrected chi connectivity index (χ2v) is 8.04. The minimum absolute atomic E-state index is 0.700. The van der Waals surface area contributed by atoms with Crippen LogP contribution < -0.4 is 0 Å². The molecular weight excluding hydrogens is 276 g/mol. The summed E-state index contributed by atoms with van der Waals surface area (Å²) in [6.07, 6.45) is 26.2. The molecule has 0 aliphatic heterocycles. The summed E-state index contributed by atoms with van der Waals surface area (Å²) in [5, 5.41) is 0. The molecule has 0 aromatic rings. The summed E-state index contributed by atoms with van der Waals surface area (Å²) in [4.78, 5) is 0. The van der Waals surface area contributed by atoms with Crippen molar-refractivity contribution in [2.24, 2.45) is 5.41 Å². The van der Waals surface area contributed by atoms with Crippen LogP contribution in [-0.4, -0.2) is 0 Å². The highest BCUT2D eigenvalue weighted by Crippen LogP contribution is 2.41. The van der Waals surface area contributed by atoms with E-state index in [-0.39, 0.29) is 0 Å². The van der Waals surface area contributed by atoms with Gasteiger partial charge in [0.1, 0.15) is 0 Å². The zero-order valence-electron chi connectivity index (χ0n) is 17.2. The Kier molecular flexibility index (Phi) is 16.8. The zero-order valence-corrected chi connectivity index (χ0v) is 17.2. The van der Waals surface area contributed by atoms with E-state index in [1.54, 1.807) is 0 Å². The highest BCUT2D eigenvalue weighted by atomic mass is 14.3. The lowest BCUT2D eigenvalue weighted by atomic mass is 9.70. The molecule has 0 fully saturated rings. The third-order valence-corrected chi connectivity index (χ3v) is 5.74. The quantitative estimate of drug-likeness (QED) is 0.220. The fourth-order valence-electron chi connectivity index (χ4n) is 4.10. The second kappa shape index (κ2) is 16.8. The number of rotatable bonds is 18. The Morgan fingerprint density at radius 2 is 0.609 bits per heavy atom. The maximum absolute atomic E-state index is 2.35. The van der Waals surface area contributed by atoms with Crippen molar-refractivity contribution in [3.8, 4) is 0 Å². The standard InChI is InChI=1S/C23H48/c1-5-9-13-14-18-22-23(19-15-10-6-2,20-16-11-7-3)21-17-12-8-4/h5-22H2,1-4H3. The van der Waals surface area contributed by atoms with Crippen molar-refractivity contribution in [1.29, 1.82) is 0 Å². The van der Waals surface area contributed by atoms with Crippen LogP contribution >= 0.6 is 0 Å². The molecule has 0 atom stereocenters. The van der Waals surface area contributed by atoms with Gasteiger partial charge in [-0.05, 0) is 31.1 Å². The van der Waals surface area contributed by atoms with E-state index in [9.17, 15) is 0 Å². The van der Waals surface area contributed by atoms with Gasteiger partial charge in [-0.25, -0.2) is 0 Å². The van der Waals surface area contributed by atoms with Gasteiger partial charge in [0.25, 0.3) is 0 Å². The molecule has 0 rings (SSSR count). The van der Waals surface area contributed by atoms with Gasteiger partial charge < -0.3 is 0 Å². The number of unbranched alkanes of at least 4 members (excludes halogenated alkanes) is 10. The highest BCUT2D eigenvalue weighted by molar-refractivity contribution is 4.80. The lowest BCUT2D eigenvalue weighted by Crippen LogP contribution is -2.21. The van der Waals surface area contributed by atoms with Crippen LogP contribution in [0.3, 0.4) is 0 Å². The smallest absolute Gasteiger partial charge is 0.0297 e. The van der Waals surface area contributed by atoms with Crippen molar-refractivity contribution in [3.05, 3.63) is 0 Å². The van der Waals surface area contributed by atoms with Crippen LogP contribution in [0.4, 0.5) is 0 Å². The van der Waals surface area contributed by atoms with Gasteiger partial charge in [-0.2, -0.15) is 0 Å². The monoisotopic (exact) mass is 324 g/mol. The van der Waals surface area contributed by atoms with E-state index in [0.717, 1.165) is 0 Å². The lowest BCUT2D eigenvalue weighted by molar-refractivity contribution is 0.173. The molecule has 0 aromatic heterocycles. The van der Waals surface area contributed by atoms with Gasteiger partial charge in [-0.1, -0.05) is 118 Å². The molecule has 0 aromatic carbocycles. The molecule has 0 heterocycles. The van der Waals surface area contributed by atoms with E-state index < -0.39 is 0 Å². The Bertz CT molecular complexity index is 192. The Morgan fingerprint density at radius 1 is 0.348 bits per heavy atom. The molecule has 0 unspecified atom stereocenters. The molecule has 0 radical (unpaired) electrons. The molecule has 0 aliphatic rings. The first-order valence-electron chi connectivity index (χ1n) is 11.2. The lowest BCUT2D eigenvalue weighted by Gasteiger charge is -2.35. The van der Waals surface area contributed by atoms with Crippen molar-refractivity contribution in [3.63, 3.8) is 0 Å². The van der Waals surface area contributed by atoms with Gasteiger partial charge in [0.2, 0.25) is 0 Å². The Hall–Kier alpha value is 0. The van der Waals surface area contributed by atoms with Crippen molar-refractivity contribution in [2.45, 2.75) is 143 Å². The Labute approximate surface area is 149 Å². The van der Waals surface area contributed by atoms with Crippen LogP contribution in [0, 0.1) is 5.41 Å². The van der Waals surface area contributed by atoms with Crippen LogP contribution in [0.25, 0.3) is 0 Å². The second-order valence-electron chi connectivity index (χ2n) is 8.04. The third kappa shape index (κ3) is 13.0. The van der Waals surface area contributed by atoms with Crippen LogP contribution in [0.1, 0.15) is 143 Å². The van der Waals surface area contributed by atoms with Crippen LogP contribution in [0.5, 0.6) is 0 Å². The van der Waals surface area contributed by atoms with Crippen LogP contribution in [0.2, 0.25) is 0 Å². The van der Waals surface area contributed by atoms with Gasteiger partial charge in [0.15, 0.2) is 0 Å². The van der Waals surface area contributed by atoms with E-state index in [2.05, 4.69) is 27.7 Å². The average Bonchev–Trinajstić information content (AvgIpc) is 2.55. The first-order valence-corrected chi connectivity index (χ1v) is 11.2. The summed E-state index contributed by atoms with van der Waals surface area (Å²) >= 11 is 0. The minimum Gasteiger partial charge on any atom is -0.0654 e. The van der Waals surface area contributed by atoms with Gasteiger partial charge in [-0.3, -0.25) is 0 Å². The Balaban J connectivity index is 4.52. The van der Waals surface area contributed by atoms with Gasteiger partial charge in [0, 0.05) is 0 Å². The molecular formula is C23H48. The molecule has 0 aliphatic carbocycles. The van der Waals surface area contributed by atoms with Crippen LogP contribution in [-0.2, 0) is 0 Å². The SMILES string of the molecule is CCCCCCCC(CCCCC)(CCCCC)CCCCC. The normalized spacial score (nSPS) is 12.0. The fraction of sp³-hybridized carbons (Fsp3) is 1.00. The summed E-state index contributed by atoms with van der Waals surface area (Å²) < 4.78 is 0. The average molecular weight is 325 g/mol. The fourth-order valence-corrected chi connectivity index (χ4v) is 4.10. The van der Waals surface area contributed by atoms with E-state index in [1.165, 1.54) is 116 Å². The maximum atomic E-state index is 2.35. The summed E-state index contributed by atoms with van der Waals surface area (Å²) in [5.41, 5.74) is 0.700. The van der Waals surface area contributed by atoms with Crippen molar-refractivity contribution >= 4 is 0 Å². The predicted molar refractivity (Wildman–Crippen MR) is 108 cm³/mol. The summed E-state index contributed by atoms with van der Waals surface area (Å²) in [6.45, 7) is 9.37. The maximum Gasteiger partial charge on any atom is -0.0297 e. The largest absolute Gasteiger partial charge is 0.0654 e. The summed E-state index contributed by atoms with van der Waals surface area (Å²) in [7, 11) is 0. The van der Waals surface area contributed by atoms with E-state index in [0.29, 0.717) is 5.41 Å². The van der Waals surface area contributed by atoms with E-state index in [1.807, 2.05) is 0 Å². The van der Waals surface area contributed by atoms with Crippen LogP contribution in [0.15, 0.2) is 0 Å². The topological polar surface area (TPSA) is 0 Å². The summed E-state index contributed by atoms with van der Waals surface area (Å²) in [6, 6.07) is 0. The molecule has 140 valence electrons. The molecule has 0 nitrogen and oxygen atoms in total. The minimum atomic E-state index is 0.700. The first-order chi connectivity index (χ1) is 11.2. The number of hydrogen-bond donors (Lipinski definition) is 0.